The fourth-order valence-electron chi connectivity index (χ4n) is 1.24. The lowest BCUT2D eigenvalue weighted by molar-refractivity contribution is -0.139. The third kappa shape index (κ3) is 8.83. The summed E-state index contributed by atoms with van der Waals surface area (Å²) in [7, 11) is 0. The third-order valence-electron chi connectivity index (χ3n) is 2.23. The molecule has 0 aromatic heterocycles. The Hall–Kier alpha value is -1.83. The van der Waals surface area contributed by atoms with E-state index in [1.165, 1.54) is 0 Å². The van der Waals surface area contributed by atoms with E-state index in [0.717, 1.165) is 6.42 Å². The zero-order valence-electron chi connectivity index (χ0n) is 10.9. The average molecular weight is 275 g/mol. The molecule has 0 aliphatic heterocycles. The Bertz CT molecular complexity index is 309. The molecule has 0 bridgehead atoms. The first-order valence-electron chi connectivity index (χ1n) is 6.16. The Kier molecular flexibility index (Phi) is 9.15. The molecule has 0 spiro atoms. The van der Waals surface area contributed by atoms with Crippen molar-refractivity contribution in [3.63, 3.8) is 0 Å². The van der Waals surface area contributed by atoms with E-state index >= 15 is 0 Å². The normalized spacial score (nSPS) is 11.5. The Morgan fingerprint density at radius 3 is 2.37 bits per heavy atom. The first kappa shape index (κ1) is 17.2. The lowest BCUT2D eigenvalue weighted by Crippen LogP contribution is -2.47. The number of carboxylic acid groups (broad SMARTS) is 1. The maximum Gasteiger partial charge on any atom is 0.326 e. The van der Waals surface area contributed by atoms with Crippen LogP contribution in [0.3, 0.4) is 0 Å². The molecule has 0 heterocycles. The molecule has 0 aliphatic carbocycles. The highest BCUT2D eigenvalue weighted by Crippen LogP contribution is 1.91. The van der Waals surface area contributed by atoms with Gasteiger partial charge in [0.05, 0.1) is 0 Å². The predicted molar refractivity (Wildman–Crippen MR) is 67.6 cm³/mol. The third-order valence-corrected chi connectivity index (χ3v) is 2.23. The van der Waals surface area contributed by atoms with Crippen molar-refractivity contribution in [1.29, 1.82) is 0 Å². The topological polar surface area (TPSA) is 128 Å². The van der Waals surface area contributed by atoms with Crippen molar-refractivity contribution in [3.8, 4) is 0 Å². The zero-order chi connectivity index (χ0) is 14.7. The van der Waals surface area contributed by atoms with Gasteiger partial charge >= 0.3 is 12.0 Å². The van der Waals surface area contributed by atoms with E-state index in [9.17, 15) is 14.4 Å². The van der Waals surface area contributed by atoms with Gasteiger partial charge in [0.25, 0.3) is 0 Å². The van der Waals surface area contributed by atoms with Gasteiger partial charge in [0, 0.05) is 32.5 Å². The highest BCUT2D eigenvalue weighted by molar-refractivity contribution is 5.83. The number of aliphatic carboxylic acids is 1. The van der Waals surface area contributed by atoms with E-state index in [4.69, 9.17) is 10.2 Å². The van der Waals surface area contributed by atoms with Crippen molar-refractivity contribution < 1.29 is 24.6 Å². The Labute approximate surface area is 111 Å². The summed E-state index contributed by atoms with van der Waals surface area (Å²) >= 11 is 0. The standard InChI is InChI=1S/C11H21N3O5/c1-2-5-12-9(16)3-6-13-11(19)14-8(4-7-15)10(17)18/h8,15H,2-7H2,1H3,(H,12,16)(H,17,18)(H2,13,14,19). The van der Waals surface area contributed by atoms with Gasteiger partial charge in [-0.05, 0) is 6.42 Å². The molecule has 1 atom stereocenters. The van der Waals surface area contributed by atoms with Crippen LogP contribution < -0.4 is 16.0 Å². The molecule has 0 radical (unpaired) electrons. The summed E-state index contributed by atoms with van der Waals surface area (Å²) in [6.07, 6.45) is 0.895. The molecular weight excluding hydrogens is 254 g/mol. The minimum absolute atomic E-state index is 0.0697. The summed E-state index contributed by atoms with van der Waals surface area (Å²) in [5.74, 6) is -1.39. The van der Waals surface area contributed by atoms with Crippen LogP contribution in [0.15, 0.2) is 0 Å². The Morgan fingerprint density at radius 2 is 1.84 bits per heavy atom. The summed E-state index contributed by atoms with van der Waals surface area (Å²) in [6.45, 7) is 2.30. The van der Waals surface area contributed by atoms with Gasteiger partial charge in [-0.2, -0.15) is 0 Å². The zero-order valence-corrected chi connectivity index (χ0v) is 10.9. The highest BCUT2D eigenvalue weighted by Gasteiger charge is 2.18. The average Bonchev–Trinajstić information content (AvgIpc) is 2.35. The number of carboxylic acids is 1. The number of hydrogen-bond acceptors (Lipinski definition) is 4. The monoisotopic (exact) mass is 275 g/mol. The summed E-state index contributed by atoms with van der Waals surface area (Å²) in [5.41, 5.74) is 0. The number of aliphatic hydroxyl groups is 1. The Balaban J connectivity index is 3.85. The number of aliphatic hydroxyl groups excluding tert-OH is 1. The number of rotatable bonds is 9. The van der Waals surface area contributed by atoms with E-state index in [-0.39, 0.29) is 31.9 Å². The van der Waals surface area contributed by atoms with Gasteiger partial charge in [-0.15, -0.1) is 0 Å². The molecule has 0 aromatic carbocycles. The second-order valence-electron chi connectivity index (χ2n) is 3.90. The molecule has 19 heavy (non-hydrogen) atoms. The number of carbonyl (C=O) groups is 3. The lowest BCUT2D eigenvalue weighted by Gasteiger charge is -2.13. The van der Waals surface area contributed by atoms with Crippen molar-refractivity contribution in [1.82, 2.24) is 16.0 Å². The number of amides is 3. The van der Waals surface area contributed by atoms with Gasteiger partial charge < -0.3 is 26.2 Å². The minimum atomic E-state index is -1.22. The molecule has 0 saturated heterocycles. The SMILES string of the molecule is CCCNC(=O)CCNC(=O)NC(CCO)C(=O)O. The first-order valence-corrected chi connectivity index (χ1v) is 6.16. The molecule has 5 N–H and O–H groups in total. The smallest absolute Gasteiger partial charge is 0.326 e. The molecule has 8 heteroatoms. The van der Waals surface area contributed by atoms with Crippen LogP contribution in [-0.2, 0) is 9.59 Å². The van der Waals surface area contributed by atoms with Crippen molar-refractivity contribution in [3.05, 3.63) is 0 Å². The summed E-state index contributed by atoms with van der Waals surface area (Å²) in [6, 6.07) is -1.82. The van der Waals surface area contributed by atoms with E-state index < -0.39 is 18.0 Å². The highest BCUT2D eigenvalue weighted by atomic mass is 16.4. The molecule has 0 rings (SSSR count). The molecule has 0 saturated carbocycles. The molecule has 110 valence electrons. The van der Waals surface area contributed by atoms with E-state index in [1.54, 1.807) is 0 Å². The molecular formula is C11H21N3O5. The minimum Gasteiger partial charge on any atom is -0.480 e. The Morgan fingerprint density at radius 1 is 1.16 bits per heavy atom. The second-order valence-corrected chi connectivity index (χ2v) is 3.90. The van der Waals surface area contributed by atoms with Crippen molar-refractivity contribution in [2.45, 2.75) is 32.2 Å². The van der Waals surface area contributed by atoms with Crippen LogP contribution >= 0.6 is 0 Å². The van der Waals surface area contributed by atoms with Crippen LogP contribution in [0.2, 0.25) is 0 Å². The van der Waals surface area contributed by atoms with Gasteiger partial charge in [-0.25, -0.2) is 9.59 Å². The van der Waals surface area contributed by atoms with E-state index in [1.807, 2.05) is 6.92 Å². The van der Waals surface area contributed by atoms with Gasteiger partial charge in [-0.3, -0.25) is 4.79 Å². The fourth-order valence-corrected chi connectivity index (χ4v) is 1.24. The van der Waals surface area contributed by atoms with Gasteiger partial charge in [0.15, 0.2) is 0 Å². The molecule has 0 aromatic rings. The van der Waals surface area contributed by atoms with Crippen LogP contribution in [0.5, 0.6) is 0 Å². The molecule has 3 amide bonds. The maximum absolute atomic E-state index is 11.3. The van der Waals surface area contributed by atoms with Gasteiger partial charge in [-0.1, -0.05) is 6.92 Å². The summed E-state index contributed by atoms with van der Waals surface area (Å²) < 4.78 is 0. The van der Waals surface area contributed by atoms with Gasteiger partial charge in [0.2, 0.25) is 5.91 Å². The van der Waals surface area contributed by atoms with Crippen LogP contribution in [0.4, 0.5) is 4.79 Å². The summed E-state index contributed by atoms with van der Waals surface area (Å²) in [4.78, 5) is 33.2. The van der Waals surface area contributed by atoms with E-state index in [2.05, 4.69) is 16.0 Å². The summed E-state index contributed by atoms with van der Waals surface area (Å²) in [5, 5.41) is 24.6. The van der Waals surface area contributed by atoms with Crippen LogP contribution in [-0.4, -0.2) is 53.9 Å². The van der Waals surface area contributed by atoms with Crippen molar-refractivity contribution >= 4 is 17.9 Å². The fraction of sp³-hybridized carbons (Fsp3) is 0.727. The van der Waals surface area contributed by atoms with Crippen LogP contribution in [0.25, 0.3) is 0 Å². The largest absolute Gasteiger partial charge is 0.480 e. The maximum atomic E-state index is 11.3. The van der Waals surface area contributed by atoms with Crippen LogP contribution in [0.1, 0.15) is 26.2 Å². The number of carbonyl (C=O) groups excluding carboxylic acids is 2. The predicted octanol–water partition coefficient (Wildman–Crippen LogP) is -0.962. The van der Waals surface area contributed by atoms with Crippen molar-refractivity contribution in [2.24, 2.45) is 0 Å². The number of urea groups is 1. The molecule has 0 aliphatic rings. The van der Waals surface area contributed by atoms with Crippen molar-refractivity contribution in [2.75, 3.05) is 19.7 Å². The number of nitrogens with one attached hydrogen (secondary N) is 3. The quantitative estimate of drug-likeness (QED) is 0.370. The van der Waals surface area contributed by atoms with Crippen LogP contribution in [0, 0.1) is 0 Å². The number of hydrogen-bond donors (Lipinski definition) is 5. The lowest BCUT2D eigenvalue weighted by atomic mass is 10.2. The molecule has 0 fully saturated rings. The van der Waals surface area contributed by atoms with E-state index in [0.29, 0.717) is 6.54 Å². The first-order chi connectivity index (χ1) is 9.01. The van der Waals surface area contributed by atoms with Gasteiger partial charge in [0.1, 0.15) is 6.04 Å². The second kappa shape index (κ2) is 10.1. The molecule has 8 nitrogen and oxygen atoms in total. The molecule has 1 unspecified atom stereocenters.